The quantitative estimate of drug-likeness (QED) is 0.192. The summed E-state index contributed by atoms with van der Waals surface area (Å²) in [5.74, 6) is 0.326. The summed E-state index contributed by atoms with van der Waals surface area (Å²) in [5.41, 5.74) is 6.63. The van der Waals surface area contributed by atoms with Gasteiger partial charge >= 0.3 is 6.01 Å². The highest BCUT2D eigenvalue weighted by atomic mass is 35.5. The number of rotatable bonds is 7. The molecule has 0 amide bonds. The van der Waals surface area contributed by atoms with Gasteiger partial charge in [-0.15, -0.1) is 11.3 Å². The number of halogens is 3. The minimum atomic E-state index is -0.659. The number of hydrogen-bond donors (Lipinski definition) is 2. The van der Waals surface area contributed by atoms with Crippen molar-refractivity contribution in [2.45, 2.75) is 69.9 Å². The lowest BCUT2D eigenvalue weighted by atomic mass is 9.90. The molecule has 0 bridgehead atoms. The van der Waals surface area contributed by atoms with Crippen LogP contribution in [0.3, 0.4) is 0 Å². The molecule has 2 aromatic heterocycles. The Bertz CT molecular complexity index is 1930. The second-order valence-corrected chi connectivity index (χ2v) is 15.8. The van der Waals surface area contributed by atoms with Gasteiger partial charge in [-0.25, -0.2) is 8.78 Å². The largest absolute Gasteiger partial charge is 0.461 e. The summed E-state index contributed by atoms with van der Waals surface area (Å²) in [6.45, 7) is 7.47. The van der Waals surface area contributed by atoms with Crippen LogP contribution in [0.25, 0.3) is 32.1 Å². The van der Waals surface area contributed by atoms with Crippen LogP contribution in [-0.4, -0.2) is 65.8 Å². The van der Waals surface area contributed by atoms with Gasteiger partial charge in [-0.3, -0.25) is 4.90 Å². The molecule has 0 radical (unpaired) electrons. The summed E-state index contributed by atoms with van der Waals surface area (Å²) >= 11 is 7.94. The third-order valence-electron chi connectivity index (χ3n) is 11.1. The summed E-state index contributed by atoms with van der Waals surface area (Å²) in [5, 5.41) is 14.5. The zero-order valence-electron chi connectivity index (χ0n) is 27.1. The number of hydrogen-bond acceptors (Lipinski definition) is 9. The lowest BCUT2D eigenvalue weighted by molar-refractivity contribution is 0.108. The molecule has 252 valence electrons. The van der Waals surface area contributed by atoms with E-state index in [1.165, 1.54) is 18.6 Å². The van der Waals surface area contributed by atoms with E-state index in [-0.39, 0.29) is 48.3 Å². The van der Waals surface area contributed by atoms with Gasteiger partial charge < -0.3 is 20.7 Å². The Balaban J connectivity index is 1.28. The molecule has 3 atom stereocenters. The number of nitriles is 1. The molecule has 3 unspecified atom stereocenters. The van der Waals surface area contributed by atoms with Crippen molar-refractivity contribution >= 4 is 54.7 Å². The van der Waals surface area contributed by atoms with Crippen LogP contribution in [0.2, 0.25) is 5.02 Å². The highest BCUT2D eigenvalue weighted by Gasteiger charge is 2.45. The van der Waals surface area contributed by atoms with Crippen molar-refractivity contribution in [3.8, 4) is 23.2 Å². The van der Waals surface area contributed by atoms with Gasteiger partial charge in [-0.2, -0.15) is 15.2 Å². The molecule has 3 N–H and O–H groups in total. The maximum Gasteiger partial charge on any atom is 0.319 e. The molecule has 4 saturated heterocycles. The summed E-state index contributed by atoms with van der Waals surface area (Å²) in [6, 6.07) is 7.24. The van der Waals surface area contributed by atoms with Crippen molar-refractivity contribution in [2.24, 2.45) is 11.8 Å². The van der Waals surface area contributed by atoms with E-state index in [2.05, 4.69) is 28.1 Å². The molecule has 4 aromatic rings. The van der Waals surface area contributed by atoms with Gasteiger partial charge in [0.2, 0.25) is 0 Å². The van der Waals surface area contributed by atoms with Crippen LogP contribution in [0.4, 0.5) is 19.6 Å². The zero-order valence-corrected chi connectivity index (χ0v) is 28.7. The topological polar surface area (TPSA) is 113 Å². The Morgan fingerprint density at radius 2 is 1.96 bits per heavy atom. The summed E-state index contributed by atoms with van der Waals surface area (Å²) in [6.07, 6.45) is 8.93. The number of fused-ring (bicyclic) bond motifs is 3. The highest BCUT2D eigenvalue weighted by molar-refractivity contribution is 7.23. The molecule has 48 heavy (non-hydrogen) atoms. The van der Waals surface area contributed by atoms with Gasteiger partial charge in [0.15, 0.2) is 5.82 Å². The number of ether oxygens (including phenoxy) is 1. The first-order valence-corrected chi connectivity index (χ1v) is 18.4. The first kappa shape index (κ1) is 31.9. The van der Waals surface area contributed by atoms with Crippen LogP contribution in [-0.2, 0) is 0 Å². The third kappa shape index (κ3) is 5.64. The summed E-state index contributed by atoms with van der Waals surface area (Å²) < 4.78 is 38.8. The van der Waals surface area contributed by atoms with Crippen molar-refractivity contribution in [1.29, 1.82) is 5.26 Å². The van der Waals surface area contributed by atoms with Crippen molar-refractivity contribution in [3.05, 3.63) is 40.4 Å². The molecular weight excluding hydrogens is 652 g/mol. The van der Waals surface area contributed by atoms with E-state index in [9.17, 15) is 9.65 Å². The molecule has 4 aliphatic heterocycles. The lowest BCUT2D eigenvalue weighted by Crippen LogP contribution is -2.43. The number of nitrogens with two attached hydrogens (primary N) is 1. The van der Waals surface area contributed by atoms with E-state index in [1.54, 1.807) is 6.07 Å². The zero-order chi connectivity index (χ0) is 33.2. The van der Waals surface area contributed by atoms with Gasteiger partial charge in [-0.05, 0) is 87.6 Å². The summed E-state index contributed by atoms with van der Waals surface area (Å²) in [7, 11) is 0. The van der Waals surface area contributed by atoms with Crippen molar-refractivity contribution < 1.29 is 13.5 Å². The number of nitrogen functional groups attached to an aromatic ring is 1. The van der Waals surface area contributed by atoms with E-state index in [0.717, 1.165) is 89.0 Å². The SMILES string of the molecule is CC1CCCC(CC2CN2)CN(c2nc(OCC34CCCN3CCC4)nc3c(F)c(-c4ccc(F)c5sc(N)c(C#N)c45)c(Cl)cc23)C1. The minimum absolute atomic E-state index is 0.0358. The number of anilines is 2. The fourth-order valence-electron chi connectivity index (χ4n) is 8.60. The van der Waals surface area contributed by atoms with Crippen LogP contribution in [0.15, 0.2) is 18.2 Å². The van der Waals surface area contributed by atoms with E-state index in [4.69, 9.17) is 32.0 Å². The average molecular weight is 692 g/mol. The van der Waals surface area contributed by atoms with Gasteiger partial charge in [0.05, 0.1) is 20.8 Å². The Morgan fingerprint density at radius 1 is 1.17 bits per heavy atom. The number of nitrogens with one attached hydrogen (secondary N) is 1. The van der Waals surface area contributed by atoms with Gasteiger partial charge in [0, 0.05) is 42.0 Å². The van der Waals surface area contributed by atoms with E-state index < -0.39 is 11.6 Å². The van der Waals surface area contributed by atoms with Crippen molar-refractivity contribution in [3.63, 3.8) is 0 Å². The Labute approximate surface area is 288 Å². The molecule has 0 saturated carbocycles. The molecule has 6 heterocycles. The van der Waals surface area contributed by atoms with Crippen LogP contribution in [0.5, 0.6) is 6.01 Å². The maximum absolute atomic E-state index is 17.2. The lowest BCUT2D eigenvalue weighted by Gasteiger charge is -2.34. The van der Waals surface area contributed by atoms with Gasteiger partial charge in [-0.1, -0.05) is 31.0 Å². The number of aromatic nitrogens is 2. The molecule has 0 spiro atoms. The third-order valence-corrected chi connectivity index (χ3v) is 12.4. The standard InChI is InChI=1S/C36H40ClF2N7OS/c1-20-5-2-6-21(13-22-16-42-22)18-45(17-20)34-24-14-26(37)29(23-7-8-27(38)32-28(23)25(15-40)33(41)48-32)30(39)31(24)43-35(44-34)47-19-36-9-3-11-46(36)12-4-10-36/h7-8,14,20-22,42H,2-6,9-13,16-19,41H2,1H3. The predicted octanol–water partition coefficient (Wildman–Crippen LogP) is 7.51. The second-order valence-electron chi connectivity index (χ2n) is 14.4. The predicted molar refractivity (Wildman–Crippen MR) is 188 cm³/mol. The molecule has 2 aromatic carbocycles. The number of benzene rings is 2. The Hall–Kier alpha value is -3.30. The van der Waals surface area contributed by atoms with Crippen LogP contribution in [0, 0.1) is 34.8 Å². The van der Waals surface area contributed by atoms with Crippen molar-refractivity contribution in [2.75, 3.05) is 50.0 Å². The van der Waals surface area contributed by atoms with E-state index in [1.807, 2.05) is 0 Å². The molecular formula is C36H40ClF2N7OS. The molecule has 8 nitrogen and oxygen atoms in total. The highest BCUT2D eigenvalue weighted by Crippen LogP contribution is 2.46. The maximum atomic E-state index is 17.2. The first-order valence-electron chi connectivity index (χ1n) is 17.2. The monoisotopic (exact) mass is 691 g/mol. The second kappa shape index (κ2) is 12.5. The molecule has 0 aliphatic carbocycles. The average Bonchev–Trinajstić information content (AvgIpc) is 3.48. The fourth-order valence-corrected chi connectivity index (χ4v) is 9.84. The van der Waals surface area contributed by atoms with Crippen LogP contribution < -0.4 is 20.7 Å². The van der Waals surface area contributed by atoms with E-state index >= 15 is 4.39 Å². The molecule has 4 aliphatic rings. The smallest absolute Gasteiger partial charge is 0.319 e. The fraction of sp³-hybridized carbons (Fsp3) is 0.528. The number of thiophene rings is 1. The Morgan fingerprint density at radius 3 is 2.71 bits per heavy atom. The van der Waals surface area contributed by atoms with Gasteiger partial charge in [0.25, 0.3) is 0 Å². The Kier molecular flexibility index (Phi) is 8.35. The molecule has 4 fully saturated rings. The number of nitrogens with zero attached hydrogens (tertiary/aromatic N) is 5. The van der Waals surface area contributed by atoms with Crippen LogP contribution in [0.1, 0.15) is 63.9 Å². The normalized spacial score (nSPS) is 24.1. The molecule has 12 heteroatoms. The first-order chi connectivity index (χ1) is 23.2. The van der Waals surface area contributed by atoms with Gasteiger partial charge in [0.1, 0.15) is 34.8 Å². The minimum Gasteiger partial charge on any atom is -0.461 e. The summed E-state index contributed by atoms with van der Waals surface area (Å²) in [4.78, 5) is 14.6. The molecule has 8 rings (SSSR count). The van der Waals surface area contributed by atoms with Crippen LogP contribution >= 0.6 is 22.9 Å². The van der Waals surface area contributed by atoms with E-state index in [0.29, 0.717) is 41.3 Å². The van der Waals surface area contributed by atoms with Crippen molar-refractivity contribution in [1.82, 2.24) is 20.2 Å².